The van der Waals surface area contributed by atoms with Crippen molar-refractivity contribution in [3.05, 3.63) is 54.1 Å². The zero-order chi connectivity index (χ0) is 22.4. The number of nitrogens with one attached hydrogen (secondary N) is 1. The lowest BCUT2D eigenvalue weighted by Gasteiger charge is -2.41. The van der Waals surface area contributed by atoms with Gasteiger partial charge in [0.1, 0.15) is 11.5 Å². The van der Waals surface area contributed by atoms with Crippen molar-refractivity contribution >= 4 is 17.5 Å². The maximum atomic E-state index is 13.2. The molecule has 2 amide bonds. The highest BCUT2D eigenvalue weighted by molar-refractivity contribution is 5.97. The zero-order valence-corrected chi connectivity index (χ0v) is 18.8. The smallest absolute Gasteiger partial charge is 0.227 e. The van der Waals surface area contributed by atoms with E-state index in [2.05, 4.69) is 19.2 Å². The molecule has 1 aliphatic rings. The summed E-state index contributed by atoms with van der Waals surface area (Å²) in [6.45, 7) is 4.89. The fourth-order valence-corrected chi connectivity index (χ4v) is 4.10. The van der Waals surface area contributed by atoms with Crippen LogP contribution in [-0.2, 0) is 9.59 Å². The molecule has 3 rings (SSSR count). The Morgan fingerprint density at radius 3 is 2.45 bits per heavy atom. The first-order chi connectivity index (χ1) is 15.0. The highest BCUT2D eigenvalue weighted by atomic mass is 16.5. The monoisotopic (exact) mass is 424 g/mol. The Kier molecular flexibility index (Phi) is 7.55. The van der Waals surface area contributed by atoms with E-state index < -0.39 is 6.04 Å². The van der Waals surface area contributed by atoms with E-state index in [4.69, 9.17) is 9.47 Å². The van der Waals surface area contributed by atoms with Crippen LogP contribution in [0.1, 0.15) is 44.7 Å². The van der Waals surface area contributed by atoms with E-state index in [0.29, 0.717) is 36.8 Å². The summed E-state index contributed by atoms with van der Waals surface area (Å²) < 4.78 is 10.9. The molecule has 1 saturated heterocycles. The number of ether oxygens (including phenoxy) is 2. The third-order valence-corrected chi connectivity index (χ3v) is 5.76. The third kappa shape index (κ3) is 5.19. The van der Waals surface area contributed by atoms with Crippen LogP contribution < -0.4 is 19.7 Å². The molecule has 0 radical (unpaired) electrons. The Morgan fingerprint density at radius 1 is 1.10 bits per heavy atom. The number of hydrogen-bond acceptors (Lipinski definition) is 4. The van der Waals surface area contributed by atoms with Crippen LogP contribution in [0.2, 0.25) is 0 Å². The number of hydrogen-bond donors (Lipinski definition) is 1. The van der Waals surface area contributed by atoms with Crippen LogP contribution in [-0.4, -0.2) is 32.6 Å². The first-order valence-corrected chi connectivity index (χ1v) is 10.8. The van der Waals surface area contributed by atoms with E-state index in [1.165, 1.54) is 0 Å². The van der Waals surface area contributed by atoms with Crippen LogP contribution in [0.3, 0.4) is 0 Å². The lowest BCUT2D eigenvalue weighted by Crippen LogP contribution is -2.48. The standard InChI is InChI=1S/C25H32N2O4/c1-17(2)15-16-26-25(29)21-13-14-23(28)27(18-9-11-19(30-3)12-10-18)24(21)20-7-5-6-8-22(20)31-4/h5-12,17,21,24H,13-16H2,1-4H3,(H,26,29). The number of piperidine rings is 1. The zero-order valence-electron chi connectivity index (χ0n) is 18.8. The van der Waals surface area contributed by atoms with Crippen molar-refractivity contribution in [1.82, 2.24) is 5.32 Å². The summed E-state index contributed by atoms with van der Waals surface area (Å²) in [5, 5.41) is 3.09. The maximum absolute atomic E-state index is 13.2. The van der Waals surface area contributed by atoms with Gasteiger partial charge in [-0.15, -0.1) is 0 Å². The van der Waals surface area contributed by atoms with Crippen molar-refractivity contribution in [3.63, 3.8) is 0 Å². The van der Waals surface area contributed by atoms with Crippen molar-refractivity contribution in [1.29, 1.82) is 0 Å². The SMILES string of the molecule is COc1ccc(N2C(=O)CCC(C(=O)NCCC(C)C)C2c2ccccc2OC)cc1. The average molecular weight is 425 g/mol. The number of carbonyl (C=O) groups excluding carboxylic acids is 2. The van der Waals surface area contributed by atoms with E-state index in [9.17, 15) is 9.59 Å². The molecule has 1 aliphatic heterocycles. The van der Waals surface area contributed by atoms with Crippen molar-refractivity contribution in [3.8, 4) is 11.5 Å². The molecule has 2 atom stereocenters. The van der Waals surface area contributed by atoms with E-state index in [0.717, 1.165) is 17.7 Å². The van der Waals surface area contributed by atoms with Crippen LogP contribution in [0.4, 0.5) is 5.69 Å². The highest BCUT2D eigenvalue weighted by Crippen LogP contribution is 2.43. The highest BCUT2D eigenvalue weighted by Gasteiger charge is 2.42. The van der Waals surface area contributed by atoms with Crippen LogP contribution >= 0.6 is 0 Å². The molecule has 0 bridgehead atoms. The van der Waals surface area contributed by atoms with Crippen LogP contribution in [0, 0.1) is 11.8 Å². The molecular weight excluding hydrogens is 392 g/mol. The van der Waals surface area contributed by atoms with Crippen LogP contribution in [0.15, 0.2) is 48.5 Å². The van der Waals surface area contributed by atoms with Crippen molar-refractivity contribution in [2.24, 2.45) is 11.8 Å². The number of nitrogens with zero attached hydrogens (tertiary/aromatic N) is 1. The number of amides is 2. The van der Waals surface area contributed by atoms with E-state index in [1.54, 1.807) is 19.1 Å². The largest absolute Gasteiger partial charge is 0.497 e. The van der Waals surface area contributed by atoms with E-state index in [1.807, 2.05) is 48.5 Å². The number of carbonyl (C=O) groups is 2. The second-order valence-electron chi connectivity index (χ2n) is 8.27. The predicted molar refractivity (Wildman–Crippen MR) is 121 cm³/mol. The number of rotatable bonds is 8. The third-order valence-electron chi connectivity index (χ3n) is 5.76. The van der Waals surface area contributed by atoms with Gasteiger partial charge in [-0.25, -0.2) is 0 Å². The van der Waals surface area contributed by atoms with Gasteiger partial charge in [0.2, 0.25) is 11.8 Å². The molecule has 166 valence electrons. The summed E-state index contributed by atoms with van der Waals surface area (Å²) in [5.74, 6) is 1.48. The van der Waals surface area contributed by atoms with Crippen molar-refractivity contribution in [2.75, 3.05) is 25.7 Å². The molecule has 2 unspecified atom stereocenters. The molecule has 1 fully saturated rings. The molecule has 1 heterocycles. The summed E-state index contributed by atoms with van der Waals surface area (Å²) in [4.78, 5) is 28.1. The maximum Gasteiger partial charge on any atom is 0.227 e. The number of para-hydroxylation sites is 1. The Labute approximate surface area is 184 Å². The lowest BCUT2D eigenvalue weighted by molar-refractivity contribution is -0.129. The van der Waals surface area contributed by atoms with Crippen LogP contribution in [0.5, 0.6) is 11.5 Å². The predicted octanol–water partition coefficient (Wildman–Crippen LogP) is 4.35. The normalized spacial score (nSPS) is 18.7. The lowest BCUT2D eigenvalue weighted by atomic mass is 9.82. The van der Waals surface area contributed by atoms with Crippen molar-refractivity contribution in [2.45, 2.75) is 39.2 Å². The van der Waals surface area contributed by atoms with E-state index >= 15 is 0 Å². The molecule has 0 aliphatic carbocycles. The van der Waals surface area contributed by atoms with Gasteiger partial charge in [-0.05, 0) is 49.1 Å². The number of anilines is 1. The molecule has 1 N–H and O–H groups in total. The Hall–Kier alpha value is -3.02. The Bertz CT molecular complexity index is 895. The van der Waals surface area contributed by atoms with Crippen molar-refractivity contribution < 1.29 is 19.1 Å². The Balaban J connectivity index is 2.01. The topological polar surface area (TPSA) is 67.9 Å². The minimum absolute atomic E-state index is 0.00713. The van der Waals surface area contributed by atoms with Gasteiger partial charge in [0.05, 0.1) is 26.2 Å². The molecule has 0 saturated carbocycles. The van der Waals surface area contributed by atoms with Gasteiger partial charge in [0, 0.05) is 24.2 Å². The molecule has 0 spiro atoms. The molecule has 0 aromatic heterocycles. The fourth-order valence-electron chi connectivity index (χ4n) is 4.10. The van der Waals surface area contributed by atoms with Gasteiger partial charge in [-0.2, -0.15) is 0 Å². The fraction of sp³-hybridized carbons (Fsp3) is 0.440. The molecule has 31 heavy (non-hydrogen) atoms. The van der Waals surface area contributed by atoms with Gasteiger partial charge >= 0.3 is 0 Å². The minimum atomic E-state index is -0.454. The molecular formula is C25H32N2O4. The summed E-state index contributed by atoms with van der Waals surface area (Å²) in [6.07, 6.45) is 1.74. The van der Waals surface area contributed by atoms with Crippen LogP contribution in [0.25, 0.3) is 0 Å². The molecule has 2 aromatic rings. The summed E-state index contributed by atoms with van der Waals surface area (Å²) >= 11 is 0. The second-order valence-corrected chi connectivity index (χ2v) is 8.27. The average Bonchev–Trinajstić information content (AvgIpc) is 2.78. The molecule has 6 heteroatoms. The Morgan fingerprint density at radius 2 is 1.81 bits per heavy atom. The molecule has 2 aromatic carbocycles. The minimum Gasteiger partial charge on any atom is -0.497 e. The number of benzene rings is 2. The quantitative estimate of drug-likeness (QED) is 0.684. The van der Waals surface area contributed by atoms with Gasteiger partial charge < -0.3 is 19.7 Å². The summed E-state index contributed by atoms with van der Waals surface area (Å²) in [7, 11) is 3.22. The van der Waals surface area contributed by atoms with Gasteiger partial charge in [0.25, 0.3) is 0 Å². The number of methoxy groups -OCH3 is 2. The van der Waals surface area contributed by atoms with Gasteiger partial charge in [-0.3, -0.25) is 9.59 Å². The first-order valence-electron chi connectivity index (χ1n) is 10.8. The summed E-state index contributed by atoms with van der Waals surface area (Å²) in [5.41, 5.74) is 1.57. The van der Waals surface area contributed by atoms with E-state index in [-0.39, 0.29) is 17.7 Å². The second kappa shape index (κ2) is 10.3. The van der Waals surface area contributed by atoms with Gasteiger partial charge in [-0.1, -0.05) is 32.0 Å². The van der Waals surface area contributed by atoms with Gasteiger partial charge in [0.15, 0.2) is 0 Å². The summed E-state index contributed by atoms with van der Waals surface area (Å²) in [6, 6.07) is 14.5. The first kappa shape index (κ1) is 22.7. The molecule has 6 nitrogen and oxygen atoms in total.